The van der Waals surface area contributed by atoms with Crippen LogP contribution in [0.5, 0.6) is 0 Å². The van der Waals surface area contributed by atoms with E-state index in [1.165, 1.54) is 57.8 Å². The van der Waals surface area contributed by atoms with Crippen molar-refractivity contribution < 1.29 is 4.79 Å². The molecule has 0 rings (SSSR count). The van der Waals surface area contributed by atoms with Crippen LogP contribution in [-0.2, 0) is 4.79 Å². The lowest BCUT2D eigenvalue weighted by molar-refractivity contribution is -0.105. The molecular weight excluding hydrogens is 232 g/mol. The molecule has 0 aliphatic carbocycles. The molecule has 1 atom stereocenters. The van der Waals surface area contributed by atoms with E-state index in [2.05, 4.69) is 26.8 Å². The van der Waals surface area contributed by atoms with Gasteiger partial charge in [-0.15, -0.1) is 0 Å². The summed E-state index contributed by atoms with van der Waals surface area (Å²) in [5, 5.41) is 0. The number of rotatable bonds is 13. The van der Waals surface area contributed by atoms with Crippen molar-refractivity contribution in [1.29, 1.82) is 0 Å². The Morgan fingerprint density at radius 1 is 0.842 bits per heavy atom. The SMILES string of the molecule is CCCCCCC(/C=C(/C=O)CCCC)CCCC. The van der Waals surface area contributed by atoms with Crippen molar-refractivity contribution in [2.45, 2.75) is 91.4 Å². The molecule has 1 heteroatoms. The van der Waals surface area contributed by atoms with Gasteiger partial charge in [-0.05, 0) is 37.2 Å². The molecule has 0 aromatic carbocycles. The van der Waals surface area contributed by atoms with E-state index in [0.717, 1.165) is 24.7 Å². The summed E-state index contributed by atoms with van der Waals surface area (Å²) >= 11 is 0. The summed E-state index contributed by atoms with van der Waals surface area (Å²) in [6, 6.07) is 0. The monoisotopic (exact) mass is 266 g/mol. The molecule has 1 unspecified atom stereocenters. The number of hydrogen-bond donors (Lipinski definition) is 0. The lowest BCUT2D eigenvalue weighted by Gasteiger charge is -2.13. The summed E-state index contributed by atoms with van der Waals surface area (Å²) in [7, 11) is 0. The summed E-state index contributed by atoms with van der Waals surface area (Å²) in [6.45, 7) is 6.68. The summed E-state index contributed by atoms with van der Waals surface area (Å²) in [4.78, 5) is 11.1. The summed E-state index contributed by atoms with van der Waals surface area (Å²) < 4.78 is 0. The summed E-state index contributed by atoms with van der Waals surface area (Å²) in [5.74, 6) is 0.633. The van der Waals surface area contributed by atoms with Crippen LogP contribution in [0.1, 0.15) is 91.4 Å². The molecule has 0 saturated heterocycles. The van der Waals surface area contributed by atoms with Crippen molar-refractivity contribution in [1.82, 2.24) is 0 Å². The standard InChI is InChI=1S/C18H34O/c1-4-7-10-11-14-17(12-8-5-2)15-18(16-19)13-9-6-3/h15-17H,4-14H2,1-3H3/b18-15+. The molecule has 0 saturated carbocycles. The Bertz CT molecular complexity index is 230. The second kappa shape index (κ2) is 13.8. The van der Waals surface area contributed by atoms with Gasteiger partial charge in [0.1, 0.15) is 6.29 Å². The molecule has 1 nitrogen and oxygen atoms in total. The van der Waals surface area contributed by atoms with Crippen molar-refractivity contribution in [3.8, 4) is 0 Å². The van der Waals surface area contributed by atoms with E-state index in [0.29, 0.717) is 5.92 Å². The summed E-state index contributed by atoms with van der Waals surface area (Å²) in [5.41, 5.74) is 1.04. The number of aldehydes is 1. The lowest BCUT2D eigenvalue weighted by Crippen LogP contribution is -2.00. The first-order chi connectivity index (χ1) is 9.28. The Balaban J connectivity index is 4.26. The normalized spacial score (nSPS) is 13.5. The molecule has 19 heavy (non-hydrogen) atoms. The van der Waals surface area contributed by atoms with Gasteiger partial charge in [0.05, 0.1) is 0 Å². The third-order valence-corrected chi connectivity index (χ3v) is 3.78. The van der Waals surface area contributed by atoms with Gasteiger partial charge >= 0.3 is 0 Å². The van der Waals surface area contributed by atoms with E-state index in [1.807, 2.05) is 0 Å². The number of allylic oxidation sites excluding steroid dienone is 2. The molecule has 0 aromatic rings. The second-order valence-corrected chi connectivity index (χ2v) is 5.71. The molecule has 0 heterocycles. The van der Waals surface area contributed by atoms with Crippen LogP contribution in [-0.4, -0.2) is 6.29 Å². The number of carbonyl (C=O) groups is 1. The van der Waals surface area contributed by atoms with Crippen LogP contribution in [0.15, 0.2) is 11.6 Å². The van der Waals surface area contributed by atoms with Gasteiger partial charge in [-0.1, -0.05) is 71.8 Å². The van der Waals surface area contributed by atoms with Crippen LogP contribution in [0, 0.1) is 5.92 Å². The number of unbranched alkanes of at least 4 members (excludes halogenated alkanes) is 5. The zero-order valence-corrected chi connectivity index (χ0v) is 13.4. The van der Waals surface area contributed by atoms with Gasteiger partial charge in [0.25, 0.3) is 0 Å². The maximum Gasteiger partial charge on any atom is 0.145 e. The maximum atomic E-state index is 11.1. The highest BCUT2D eigenvalue weighted by molar-refractivity contribution is 5.73. The van der Waals surface area contributed by atoms with Gasteiger partial charge in [-0.3, -0.25) is 4.79 Å². The Labute approximate surface area is 120 Å². The largest absolute Gasteiger partial charge is 0.298 e. The van der Waals surface area contributed by atoms with Crippen LogP contribution >= 0.6 is 0 Å². The fourth-order valence-corrected chi connectivity index (χ4v) is 2.48. The molecule has 0 bridgehead atoms. The molecule has 0 aliphatic rings. The fraction of sp³-hybridized carbons (Fsp3) is 0.833. The van der Waals surface area contributed by atoms with Crippen LogP contribution in [0.3, 0.4) is 0 Å². The quantitative estimate of drug-likeness (QED) is 0.224. The van der Waals surface area contributed by atoms with Crippen molar-refractivity contribution >= 4 is 6.29 Å². The smallest absolute Gasteiger partial charge is 0.145 e. The first kappa shape index (κ1) is 18.4. The van der Waals surface area contributed by atoms with Crippen molar-refractivity contribution in [3.63, 3.8) is 0 Å². The van der Waals surface area contributed by atoms with Crippen LogP contribution in [0.4, 0.5) is 0 Å². The van der Waals surface area contributed by atoms with E-state index < -0.39 is 0 Å². The minimum Gasteiger partial charge on any atom is -0.298 e. The molecule has 0 aromatic heterocycles. The van der Waals surface area contributed by atoms with Crippen molar-refractivity contribution in [2.24, 2.45) is 5.92 Å². The van der Waals surface area contributed by atoms with E-state index in [1.54, 1.807) is 0 Å². The molecule has 0 amide bonds. The van der Waals surface area contributed by atoms with Gasteiger partial charge in [-0.25, -0.2) is 0 Å². The zero-order valence-electron chi connectivity index (χ0n) is 13.4. The Kier molecular flexibility index (Phi) is 13.4. The molecule has 0 spiro atoms. The third kappa shape index (κ3) is 11.0. The second-order valence-electron chi connectivity index (χ2n) is 5.71. The summed E-state index contributed by atoms with van der Waals surface area (Å²) in [6.07, 6.45) is 17.0. The number of carbonyl (C=O) groups excluding carboxylic acids is 1. The van der Waals surface area contributed by atoms with Crippen LogP contribution in [0.25, 0.3) is 0 Å². The van der Waals surface area contributed by atoms with Gasteiger partial charge in [0.15, 0.2) is 0 Å². The minimum atomic E-state index is 0.633. The number of hydrogen-bond acceptors (Lipinski definition) is 1. The lowest BCUT2D eigenvalue weighted by atomic mass is 9.92. The molecule has 0 radical (unpaired) electrons. The first-order valence-electron chi connectivity index (χ1n) is 8.44. The highest BCUT2D eigenvalue weighted by Gasteiger charge is 2.07. The topological polar surface area (TPSA) is 17.1 Å². The Morgan fingerprint density at radius 2 is 1.47 bits per heavy atom. The first-order valence-corrected chi connectivity index (χ1v) is 8.44. The van der Waals surface area contributed by atoms with E-state index in [-0.39, 0.29) is 0 Å². The van der Waals surface area contributed by atoms with Crippen LogP contribution in [0.2, 0.25) is 0 Å². The minimum absolute atomic E-state index is 0.633. The van der Waals surface area contributed by atoms with E-state index >= 15 is 0 Å². The predicted molar refractivity (Wildman–Crippen MR) is 85.4 cm³/mol. The maximum absolute atomic E-state index is 11.1. The highest BCUT2D eigenvalue weighted by Crippen LogP contribution is 2.21. The molecule has 112 valence electrons. The zero-order chi connectivity index (χ0) is 14.3. The molecule has 0 aliphatic heterocycles. The average Bonchev–Trinajstić information content (AvgIpc) is 2.44. The third-order valence-electron chi connectivity index (χ3n) is 3.78. The molecular formula is C18H34O. The van der Waals surface area contributed by atoms with Gasteiger partial charge in [0.2, 0.25) is 0 Å². The molecule has 0 N–H and O–H groups in total. The van der Waals surface area contributed by atoms with E-state index in [9.17, 15) is 4.79 Å². The van der Waals surface area contributed by atoms with Gasteiger partial charge < -0.3 is 0 Å². The Morgan fingerprint density at radius 3 is 2.05 bits per heavy atom. The van der Waals surface area contributed by atoms with Gasteiger partial charge in [0, 0.05) is 0 Å². The van der Waals surface area contributed by atoms with Crippen molar-refractivity contribution in [3.05, 3.63) is 11.6 Å². The van der Waals surface area contributed by atoms with E-state index in [4.69, 9.17) is 0 Å². The predicted octanol–water partition coefficient (Wildman–Crippen LogP) is 6.08. The highest BCUT2D eigenvalue weighted by atomic mass is 16.1. The fourth-order valence-electron chi connectivity index (χ4n) is 2.48. The average molecular weight is 266 g/mol. The van der Waals surface area contributed by atoms with Crippen LogP contribution < -0.4 is 0 Å². The van der Waals surface area contributed by atoms with Gasteiger partial charge in [-0.2, -0.15) is 0 Å². The Hall–Kier alpha value is -0.590. The molecule has 0 fully saturated rings. The van der Waals surface area contributed by atoms with Crippen molar-refractivity contribution in [2.75, 3.05) is 0 Å².